The summed E-state index contributed by atoms with van der Waals surface area (Å²) in [4.78, 5) is 4.10. The lowest BCUT2D eigenvalue weighted by Crippen LogP contribution is -2.41. The Bertz CT molecular complexity index is 833. The Morgan fingerprint density at radius 1 is 1.15 bits per heavy atom. The highest BCUT2D eigenvalue weighted by molar-refractivity contribution is 6.54. The van der Waals surface area contributed by atoms with Gasteiger partial charge in [0, 0.05) is 12.7 Å². The normalized spacial score (nSPS) is 19.2. The molecule has 26 heavy (non-hydrogen) atoms. The van der Waals surface area contributed by atoms with Gasteiger partial charge in [-0.1, -0.05) is 6.07 Å². The van der Waals surface area contributed by atoms with Gasteiger partial charge in [-0.3, -0.25) is 0 Å². The van der Waals surface area contributed by atoms with Crippen LogP contribution in [0.15, 0.2) is 36.4 Å². The van der Waals surface area contributed by atoms with Crippen molar-refractivity contribution in [3.8, 4) is 0 Å². The second-order valence-electron chi connectivity index (χ2n) is 7.34. The number of nitrogens with zero attached hydrogens (tertiary/aromatic N) is 2. The van der Waals surface area contributed by atoms with Crippen LogP contribution in [0.4, 0.5) is 13.2 Å². The van der Waals surface area contributed by atoms with Crippen LogP contribution in [-0.2, 0) is 15.9 Å². The second-order valence-corrected chi connectivity index (χ2v) is 7.34. The Kier molecular flexibility index (Phi) is 4.75. The lowest BCUT2D eigenvalue weighted by Gasteiger charge is -2.32. The van der Waals surface area contributed by atoms with Crippen molar-refractivity contribution in [3.63, 3.8) is 0 Å². The number of benzene rings is 1. The number of rotatable bonds is 4. The van der Waals surface area contributed by atoms with Gasteiger partial charge in [-0.15, -0.1) is 0 Å². The van der Waals surface area contributed by atoms with Crippen molar-refractivity contribution in [2.75, 3.05) is 0 Å². The third kappa shape index (κ3) is 3.71. The van der Waals surface area contributed by atoms with Gasteiger partial charge in [-0.05, 0) is 51.5 Å². The minimum Gasteiger partial charge on any atom is -0.398 e. The van der Waals surface area contributed by atoms with E-state index in [0.717, 1.165) is 12.1 Å². The molecule has 1 aromatic carbocycles. The molecule has 1 fully saturated rings. The standard InChI is InChI=1S/C18H20BF3N2O2/c1-17(2)18(3,4)26-19(25-17)16(22)8-13-10-24(11-23-13)9-12-5-6-14(20)15(21)7-12/h5-8,10-11H,9H2,1-4H3. The minimum atomic E-state index is -1.09. The molecule has 0 aliphatic carbocycles. The first kappa shape index (κ1) is 18.7. The van der Waals surface area contributed by atoms with Crippen LogP contribution in [-0.4, -0.2) is 27.9 Å². The Morgan fingerprint density at radius 2 is 1.81 bits per heavy atom. The molecule has 2 heterocycles. The van der Waals surface area contributed by atoms with E-state index < -0.39 is 35.7 Å². The predicted molar refractivity (Wildman–Crippen MR) is 92.9 cm³/mol. The molecule has 0 amide bonds. The van der Waals surface area contributed by atoms with Crippen LogP contribution in [0.2, 0.25) is 0 Å². The van der Waals surface area contributed by atoms with Crippen LogP contribution in [0.3, 0.4) is 0 Å². The van der Waals surface area contributed by atoms with Crippen LogP contribution in [0.25, 0.3) is 6.08 Å². The smallest absolute Gasteiger partial charge is 0.398 e. The zero-order valence-corrected chi connectivity index (χ0v) is 15.1. The lowest BCUT2D eigenvalue weighted by atomic mass is 9.87. The van der Waals surface area contributed by atoms with Crippen molar-refractivity contribution in [1.82, 2.24) is 9.55 Å². The van der Waals surface area contributed by atoms with Crippen LogP contribution in [0.5, 0.6) is 0 Å². The summed E-state index contributed by atoms with van der Waals surface area (Å²) in [5.41, 5.74) is -0.895. The van der Waals surface area contributed by atoms with Gasteiger partial charge in [0.25, 0.3) is 0 Å². The average Bonchev–Trinajstić information content (AvgIpc) is 3.05. The Balaban J connectivity index is 1.71. The third-order valence-corrected chi connectivity index (χ3v) is 4.77. The van der Waals surface area contributed by atoms with Gasteiger partial charge in [-0.25, -0.2) is 18.2 Å². The molecule has 3 rings (SSSR count). The topological polar surface area (TPSA) is 36.3 Å². The fourth-order valence-corrected chi connectivity index (χ4v) is 2.55. The third-order valence-electron chi connectivity index (χ3n) is 4.77. The van der Waals surface area contributed by atoms with Crippen molar-refractivity contribution in [2.24, 2.45) is 0 Å². The molecule has 1 aliphatic heterocycles. The Hall–Kier alpha value is -2.06. The van der Waals surface area contributed by atoms with Gasteiger partial charge >= 0.3 is 7.12 Å². The highest BCUT2D eigenvalue weighted by Gasteiger charge is 2.53. The van der Waals surface area contributed by atoms with E-state index in [-0.39, 0.29) is 6.54 Å². The summed E-state index contributed by atoms with van der Waals surface area (Å²) in [5.74, 6) is -1.80. The number of imidazole rings is 1. The maximum Gasteiger partial charge on any atom is 0.525 e. The monoisotopic (exact) mass is 364 g/mol. The number of hydrogen-bond donors (Lipinski definition) is 0. The van der Waals surface area contributed by atoms with E-state index in [9.17, 15) is 13.2 Å². The maximum atomic E-state index is 14.5. The molecule has 0 unspecified atom stereocenters. The summed E-state index contributed by atoms with van der Waals surface area (Å²) in [6.45, 7) is 7.66. The van der Waals surface area contributed by atoms with Crippen molar-refractivity contribution < 1.29 is 22.5 Å². The minimum absolute atomic E-state index is 0.288. The van der Waals surface area contributed by atoms with E-state index in [4.69, 9.17) is 9.31 Å². The van der Waals surface area contributed by atoms with E-state index >= 15 is 0 Å². The van der Waals surface area contributed by atoms with Gasteiger partial charge in [0.05, 0.1) is 23.2 Å². The SMILES string of the molecule is CC1(C)OB(C(F)=Cc2cn(Cc3ccc(F)c(F)c3)cn2)OC1(C)C. The molecule has 2 aromatic rings. The van der Waals surface area contributed by atoms with Gasteiger partial charge in [0.15, 0.2) is 11.6 Å². The zero-order chi connectivity index (χ0) is 19.1. The first-order chi connectivity index (χ1) is 12.1. The van der Waals surface area contributed by atoms with Gasteiger partial charge in [-0.2, -0.15) is 0 Å². The Labute approximate surface area is 150 Å². The van der Waals surface area contributed by atoms with Gasteiger partial charge in [0.2, 0.25) is 0 Å². The molecular formula is C18H20BF3N2O2. The molecule has 0 spiro atoms. The van der Waals surface area contributed by atoms with Crippen LogP contribution in [0.1, 0.15) is 39.0 Å². The average molecular weight is 364 g/mol. The molecule has 0 saturated carbocycles. The number of halogens is 3. The van der Waals surface area contributed by atoms with E-state index in [1.54, 1.807) is 10.8 Å². The van der Waals surface area contributed by atoms with Crippen molar-refractivity contribution in [2.45, 2.75) is 45.4 Å². The fraction of sp³-hybridized carbons (Fsp3) is 0.389. The van der Waals surface area contributed by atoms with E-state index in [1.165, 1.54) is 18.5 Å². The summed E-state index contributed by atoms with van der Waals surface area (Å²) < 4.78 is 53.7. The maximum absolute atomic E-state index is 14.5. The van der Waals surface area contributed by atoms with E-state index in [2.05, 4.69) is 4.98 Å². The van der Waals surface area contributed by atoms with Crippen LogP contribution in [0, 0.1) is 11.6 Å². The molecule has 1 saturated heterocycles. The van der Waals surface area contributed by atoms with E-state index in [0.29, 0.717) is 11.3 Å². The highest BCUT2D eigenvalue weighted by Crippen LogP contribution is 2.38. The predicted octanol–water partition coefficient (Wildman–Crippen LogP) is 4.15. The second kappa shape index (κ2) is 6.59. The quantitative estimate of drug-likeness (QED) is 0.765. The molecule has 0 N–H and O–H groups in total. The molecule has 8 heteroatoms. The zero-order valence-electron chi connectivity index (χ0n) is 15.1. The largest absolute Gasteiger partial charge is 0.525 e. The molecule has 0 atom stereocenters. The molecule has 0 bridgehead atoms. The van der Waals surface area contributed by atoms with Gasteiger partial charge in [0.1, 0.15) is 5.73 Å². The molecule has 0 radical (unpaired) electrons. The fourth-order valence-electron chi connectivity index (χ4n) is 2.55. The number of aromatic nitrogens is 2. The number of hydrogen-bond acceptors (Lipinski definition) is 3. The highest BCUT2D eigenvalue weighted by atomic mass is 19.2. The van der Waals surface area contributed by atoms with E-state index in [1.807, 2.05) is 27.7 Å². The van der Waals surface area contributed by atoms with Crippen molar-refractivity contribution >= 4 is 13.2 Å². The summed E-state index contributed by atoms with van der Waals surface area (Å²) >= 11 is 0. The molecule has 1 aliphatic rings. The summed E-state index contributed by atoms with van der Waals surface area (Å²) in [5, 5.41) is 0. The lowest BCUT2D eigenvalue weighted by molar-refractivity contribution is 0.00578. The Morgan fingerprint density at radius 3 is 2.42 bits per heavy atom. The van der Waals surface area contributed by atoms with Crippen molar-refractivity contribution in [3.05, 3.63) is 59.3 Å². The molecule has 138 valence electrons. The molecule has 1 aromatic heterocycles. The van der Waals surface area contributed by atoms with Crippen molar-refractivity contribution in [1.29, 1.82) is 0 Å². The summed E-state index contributed by atoms with van der Waals surface area (Å²) in [7, 11) is -1.09. The molecule has 4 nitrogen and oxygen atoms in total. The van der Waals surface area contributed by atoms with Crippen LogP contribution < -0.4 is 0 Å². The first-order valence-electron chi connectivity index (χ1n) is 8.26. The van der Waals surface area contributed by atoms with Crippen LogP contribution >= 0.6 is 0 Å². The first-order valence-corrected chi connectivity index (χ1v) is 8.26. The molecular weight excluding hydrogens is 344 g/mol. The summed E-state index contributed by atoms with van der Waals surface area (Å²) in [6.07, 6.45) is 4.33. The summed E-state index contributed by atoms with van der Waals surface area (Å²) in [6, 6.07) is 3.68. The van der Waals surface area contributed by atoms with Gasteiger partial charge < -0.3 is 13.9 Å².